The minimum Gasteiger partial charge on any atom is -0.504 e. The van der Waals surface area contributed by atoms with E-state index in [-0.39, 0.29) is 48.9 Å². The van der Waals surface area contributed by atoms with Crippen molar-refractivity contribution < 1.29 is 28.9 Å². The first-order valence-corrected chi connectivity index (χ1v) is 20.0. The molecule has 0 aliphatic carbocycles. The number of phenolic OH excluding ortho intramolecular Hbond substituents is 1. The second kappa shape index (κ2) is 15.6. The van der Waals surface area contributed by atoms with Crippen LogP contribution in [-0.2, 0) is 18.2 Å². The standard InChI is InChI=1S/C44H47Cl2N5O6/c1-10-55-42-31-19-34(44(54)56-11-2)49(9)39(31)33(20-35(42)52)50-21-24(5)51-40-30(14-15-32(45)37(40)36-25(6)47-27(8)48-26(36)7)29(41(51)43(50)53)13-12-16-57-28-17-22(3)38(46)23(4)18-28/h14-15,17-20,24,52H,10-13,16,21H2,1-9H3/t24-/m1/s1. The zero-order valence-corrected chi connectivity index (χ0v) is 35.3. The third-order valence-electron chi connectivity index (χ3n) is 10.7. The number of carbonyl (C=O) groups is 2. The highest BCUT2D eigenvalue weighted by molar-refractivity contribution is 6.35. The summed E-state index contributed by atoms with van der Waals surface area (Å²) in [5, 5.41) is 14.1. The summed E-state index contributed by atoms with van der Waals surface area (Å²) in [5.74, 6) is 0.701. The van der Waals surface area contributed by atoms with E-state index in [0.717, 1.165) is 60.9 Å². The first-order valence-electron chi connectivity index (χ1n) is 19.2. The molecule has 0 radical (unpaired) electrons. The summed E-state index contributed by atoms with van der Waals surface area (Å²) in [5.41, 5.74) is 8.52. The van der Waals surface area contributed by atoms with Crippen LogP contribution in [0, 0.1) is 34.6 Å². The quantitative estimate of drug-likeness (QED) is 0.101. The van der Waals surface area contributed by atoms with Crippen LogP contribution >= 0.6 is 23.2 Å². The van der Waals surface area contributed by atoms with Crippen LogP contribution in [0.3, 0.4) is 0 Å². The summed E-state index contributed by atoms with van der Waals surface area (Å²) in [6, 6.07) is 10.7. The molecule has 3 aromatic heterocycles. The second-order valence-electron chi connectivity index (χ2n) is 14.7. The SMILES string of the molecule is CCOC(=O)c1cc2c(OCC)c(O)cc(N3C[C@@H](C)n4c(c(CCCOc5cc(C)c(Cl)c(C)c5)c5ccc(Cl)c(-c6c(C)nc(C)nc6C)c54)C3=O)c2n1C. The molecule has 0 saturated heterocycles. The summed E-state index contributed by atoms with van der Waals surface area (Å²) in [7, 11) is 1.75. The van der Waals surface area contributed by atoms with E-state index in [2.05, 4.69) is 11.5 Å². The molecule has 0 unspecified atom stereocenters. The van der Waals surface area contributed by atoms with E-state index >= 15 is 4.79 Å². The van der Waals surface area contributed by atoms with Crippen molar-refractivity contribution in [2.45, 2.75) is 74.3 Å². The van der Waals surface area contributed by atoms with Gasteiger partial charge in [-0.15, -0.1) is 0 Å². The van der Waals surface area contributed by atoms with Crippen LogP contribution in [0.4, 0.5) is 5.69 Å². The Labute approximate surface area is 342 Å². The Bertz CT molecular complexity index is 2560. The van der Waals surface area contributed by atoms with Gasteiger partial charge in [0.1, 0.15) is 23.0 Å². The number of carbonyl (C=O) groups excluding carboxylic acids is 2. The lowest BCUT2D eigenvalue weighted by Gasteiger charge is -2.35. The van der Waals surface area contributed by atoms with Gasteiger partial charge in [-0.2, -0.15) is 0 Å². The molecule has 13 heteroatoms. The van der Waals surface area contributed by atoms with Gasteiger partial charge < -0.3 is 33.4 Å². The van der Waals surface area contributed by atoms with Gasteiger partial charge in [0.2, 0.25) is 0 Å². The molecule has 0 spiro atoms. The number of aryl methyl sites for hydroxylation is 7. The summed E-state index contributed by atoms with van der Waals surface area (Å²) in [6.45, 7) is 16.4. The van der Waals surface area contributed by atoms with E-state index in [0.29, 0.717) is 52.6 Å². The van der Waals surface area contributed by atoms with Gasteiger partial charge in [0.15, 0.2) is 11.5 Å². The van der Waals surface area contributed by atoms with E-state index in [9.17, 15) is 9.90 Å². The van der Waals surface area contributed by atoms with Gasteiger partial charge in [-0.25, -0.2) is 14.8 Å². The normalized spacial score (nSPS) is 14.1. The highest BCUT2D eigenvalue weighted by Gasteiger charge is 2.38. The number of hydrogen-bond donors (Lipinski definition) is 1. The smallest absolute Gasteiger partial charge is 0.354 e. The van der Waals surface area contributed by atoms with Crippen molar-refractivity contribution in [2.75, 3.05) is 31.3 Å². The van der Waals surface area contributed by atoms with E-state index in [1.54, 1.807) is 35.6 Å². The number of phenols is 1. The number of ether oxygens (including phenoxy) is 3. The maximum Gasteiger partial charge on any atom is 0.354 e. The fraction of sp³-hybridized carbons (Fsp3) is 0.364. The molecule has 1 N–H and O–H groups in total. The van der Waals surface area contributed by atoms with E-state index in [1.165, 1.54) is 0 Å². The number of benzene rings is 3. The molecule has 1 amide bonds. The predicted molar refractivity (Wildman–Crippen MR) is 225 cm³/mol. The van der Waals surface area contributed by atoms with E-state index in [1.807, 2.05) is 65.8 Å². The van der Waals surface area contributed by atoms with Crippen LogP contribution in [0.15, 0.2) is 36.4 Å². The monoisotopic (exact) mass is 811 g/mol. The molecule has 1 aliphatic heterocycles. The van der Waals surface area contributed by atoms with Crippen molar-refractivity contribution in [3.8, 4) is 28.4 Å². The Morgan fingerprint density at radius 1 is 0.912 bits per heavy atom. The summed E-state index contributed by atoms with van der Waals surface area (Å²) in [4.78, 5) is 39.6. The van der Waals surface area contributed by atoms with Crippen molar-refractivity contribution >= 4 is 62.6 Å². The highest BCUT2D eigenvalue weighted by atomic mass is 35.5. The summed E-state index contributed by atoms with van der Waals surface area (Å²) >= 11 is 13.6. The third-order valence-corrected chi connectivity index (χ3v) is 11.6. The van der Waals surface area contributed by atoms with Gasteiger partial charge >= 0.3 is 5.97 Å². The molecule has 1 aliphatic rings. The van der Waals surface area contributed by atoms with Crippen LogP contribution in [0.2, 0.25) is 10.0 Å². The number of fused-ring (bicyclic) bond motifs is 4. The lowest BCUT2D eigenvalue weighted by molar-refractivity contribution is 0.0515. The van der Waals surface area contributed by atoms with Crippen LogP contribution in [-0.4, -0.2) is 62.5 Å². The summed E-state index contributed by atoms with van der Waals surface area (Å²) in [6.07, 6.45) is 1.12. The van der Waals surface area contributed by atoms with Crippen molar-refractivity contribution in [2.24, 2.45) is 7.05 Å². The average molecular weight is 813 g/mol. The number of amides is 1. The maximum atomic E-state index is 15.3. The second-order valence-corrected chi connectivity index (χ2v) is 15.5. The average Bonchev–Trinajstić information content (AvgIpc) is 3.67. The van der Waals surface area contributed by atoms with Crippen molar-refractivity contribution in [3.05, 3.63) is 91.7 Å². The van der Waals surface area contributed by atoms with E-state index < -0.39 is 5.97 Å². The molecular formula is C44H47Cl2N5O6. The van der Waals surface area contributed by atoms with Gasteiger partial charge in [0, 0.05) is 64.0 Å². The third kappa shape index (κ3) is 6.84. The van der Waals surface area contributed by atoms with Crippen LogP contribution in [0.5, 0.6) is 17.2 Å². The Morgan fingerprint density at radius 2 is 1.60 bits per heavy atom. The fourth-order valence-corrected chi connectivity index (χ4v) is 8.79. The molecule has 7 rings (SSSR count). The lowest BCUT2D eigenvalue weighted by atomic mass is 9.97. The molecule has 298 valence electrons. The van der Waals surface area contributed by atoms with Crippen LogP contribution in [0.25, 0.3) is 32.9 Å². The molecule has 0 saturated carbocycles. The fourth-order valence-electron chi connectivity index (χ4n) is 8.44. The first-order chi connectivity index (χ1) is 27.2. The highest BCUT2D eigenvalue weighted by Crippen LogP contribution is 2.48. The van der Waals surface area contributed by atoms with Gasteiger partial charge in [-0.05, 0) is 109 Å². The predicted octanol–water partition coefficient (Wildman–Crippen LogP) is 9.95. The molecular weight excluding hydrogens is 765 g/mol. The topological polar surface area (TPSA) is 121 Å². The molecule has 1 atom stereocenters. The van der Waals surface area contributed by atoms with Gasteiger partial charge in [-0.3, -0.25) is 4.79 Å². The number of hydrogen-bond acceptors (Lipinski definition) is 8. The summed E-state index contributed by atoms with van der Waals surface area (Å²) < 4.78 is 21.3. The van der Waals surface area contributed by atoms with Crippen molar-refractivity contribution in [1.29, 1.82) is 0 Å². The molecule has 0 bridgehead atoms. The zero-order valence-electron chi connectivity index (χ0n) is 33.8. The van der Waals surface area contributed by atoms with Crippen molar-refractivity contribution in [3.63, 3.8) is 0 Å². The van der Waals surface area contributed by atoms with Gasteiger partial charge in [-0.1, -0.05) is 29.3 Å². The number of halogens is 2. The molecule has 3 aromatic carbocycles. The Morgan fingerprint density at radius 3 is 2.25 bits per heavy atom. The zero-order chi connectivity index (χ0) is 41.0. The molecule has 4 heterocycles. The number of rotatable bonds is 11. The van der Waals surface area contributed by atoms with Crippen LogP contribution < -0.4 is 14.4 Å². The van der Waals surface area contributed by atoms with E-state index in [4.69, 9.17) is 47.4 Å². The van der Waals surface area contributed by atoms with Gasteiger partial charge in [0.25, 0.3) is 5.91 Å². The minimum absolute atomic E-state index is 0.142. The number of anilines is 1. The number of nitrogens with zero attached hydrogens (tertiary/aromatic N) is 5. The number of aromatic hydroxyl groups is 1. The van der Waals surface area contributed by atoms with Gasteiger partial charge in [0.05, 0.1) is 41.6 Å². The first kappa shape index (κ1) is 40.0. The lowest BCUT2D eigenvalue weighted by Crippen LogP contribution is -2.43. The Hall–Kier alpha value is -5.26. The minimum atomic E-state index is -0.522. The van der Waals surface area contributed by atoms with Crippen LogP contribution in [0.1, 0.15) is 88.1 Å². The largest absolute Gasteiger partial charge is 0.504 e. The maximum absolute atomic E-state index is 15.3. The number of esters is 1. The Balaban J connectivity index is 1.42. The number of aromatic nitrogens is 4. The Kier molecular flexibility index (Phi) is 10.9. The molecule has 0 fully saturated rings. The van der Waals surface area contributed by atoms with Crippen molar-refractivity contribution in [1.82, 2.24) is 19.1 Å². The molecule has 11 nitrogen and oxygen atoms in total. The molecule has 57 heavy (non-hydrogen) atoms. The molecule has 6 aromatic rings.